The molecule has 0 aliphatic carbocycles. The first kappa shape index (κ1) is 22.0. The van der Waals surface area contributed by atoms with Crippen LogP contribution in [0.5, 0.6) is 0 Å². The molecule has 0 saturated carbocycles. The van der Waals surface area contributed by atoms with Crippen molar-refractivity contribution in [1.29, 1.82) is 0 Å². The summed E-state index contributed by atoms with van der Waals surface area (Å²) in [7, 11) is 0. The highest BCUT2D eigenvalue weighted by molar-refractivity contribution is 4.55. The molecule has 1 atom stereocenters. The third kappa shape index (κ3) is 18.1. The summed E-state index contributed by atoms with van der Waals surface area (Å²) in [6.07, 6.45) is 23.4. The number of hydrogen-bond donors (Lipinski definition) is 0. The Hall–Kier alpha value is 0. The minimum atomic E-state index is 0.898. The second-order valence-electron chi connectivity index (χ2n) is 8.11. The van der Waals surface area contributed by atoms with Gasteiger partial charge in [-0.15, -0.1) is 0 Å². The fourth-order valence-corrected chi connectivity index (χ4v) is 3.33. The molecule has 0 aromatic heterocycles. The maximum Gasteiger partial charge on any atom is -0.0443 e. The van der Waals surface area contributed by atoms with Gasteiger partial charge in [0.25, 0.3) is 0 Å². The molecule has 0 heteroatoms. The van der Waals surface area contributed by atoms with Crippen LogP contribution in [0, 0.1) is 11.8 Å². The molecule has 0 fully saturated rings. The monoisotopic (exact) mass is 310 g/mol. The molecule has 22 heavy (non-hydrogen) atoms. The second-order valence-corrected chi connectivity index (χ2v) is 8.11. The molecular weight excluding hydrogens is 264 g/mol. The van der Waals surface area contributed by atoms with E-state index in [2.05, 4.69) is 27.7 Å². The first-order valence-corrected chi connectivity index (χ1v) is 10.7. The summed E-state index contributed by atoms with van der Waals surface area (Å²) in [4.78, 5) is 0. The lowest BCUT2D eigenvalue weighted by Gasteiger charge is -2.10. The van der Waals surface area contributed by atoms with Gasteiger partial charge in [-0.1, -0.05) is 130 Å². The molecule has 0 rings (SSSR count). The van der Waals surface area contributed by atoms with Crippen LogP contribution in [-0.4, -0.2) is 0 Å². The second kappa shape index (κ2) is 17.4. The predicted molar refractivity (Wildman–Crippen MR) is 104 cm³/mol. The molecule has 0 heterocycles. The Balaban J connectivity index is 3.05. The lowest BCUT2D eigenvalue weighted by atomic mass is 9.97. The van der Waals surface area contributed by atoms with Crippen LogP contribution in [0.2, 0.25) is 0 Å². The molecule has 0 aromatic carbocycles. The molecule has 0 N–H and O–H groups in total. The van der Waals surface area contributed by atoms with Gasteiger partial charge >= 0.3 is 0 Å². The smallest absolute Gasteiger partial charge is 0.0443 e. The van der Waals surface area contributed by atoms with E-state index in [0.717, 1.165) is 11.8 Å². The molecule has 0 aromatic rings. The van der Waals surface area contributed by atoms with Crippen molar-refractivity contribution in [3.8, 4) is 0 Å². The zero-order valence-corrected chi connectivity index (χ0v) is 16.5. The summed E-state index contributed by atoms with van der Waals surface area (Å²) in [5.74, 6) is 1.87. The average Bonchev–Trinajstić information content (AvgIpc) is 2.49. The summed E-state index contributed by atoms with van der Waals surface area (Å²) in [6.45, 7) is 9.42. The van der Waals surface area contributed by atoms with Crippen LogP contribution >= 0.6 is 0 Å². The Kier molecular flexibility index (Phi) is 17.4. The number of hydrogen-bond acceptors (Lipinski definition) is 0. The first-order valence-electron chi connectivity index (χ1n) is 10.7. The fraction of sp³-hybridized carbons (Fsp3) is 1.00. The largest absolute Gasteiger partial charge is 0.0654 e. The fourth-order valence-electron chi connectivity index (χ4n) is 3.33. The highest BCUT2D eigenvalue weighted by Gasteiger charge is 2.01. The van der Waals surface area contributed by atoms with Gasteiger partial charge < -0.3 is 0 Å². The molecule has 0 amide bonds. The van der Waals surface area contributed by atoms with E-state index in [4.69, 9.17) is 0 Å². The molecule has 134 valence electrons. The minimum Gasteiger partial charge on any atom is -0.0654 e. The molecule has 1 unspecified atom stereocenters. The van der Waals surface area contributed by atoms with Crippen molar-refractivity contribution in [2.24, 2.45) is 11.8 Å². The van der Waals surface area contributed by atoms with Crippen molar-refractivity contribution in [2.45, 2.75) is 130 Å². The maximum absolute atomic E-state index is 2.44. The van der Waals surface area contributed by atoms with Crippen LogP contribution in [0.15, 0.2) is 0 Å². The SMILES string of the molecule is CCCCC(C)CCCCCCCCCCCCCC(C)C. The van der Waals surface area contributed by atoms with Crippen LogP contribution in [0.1, 0.15) is 130 Å². The van der Waals surface area contributed by atoms with Gasteiger partial charge in [-0.25, -0.2) is 0 Å². The van der Waals surface area contributed by atoms with Crippen molar-refractivity contribution >= 4 is 0 Å². The molecule has 0 aliphatic heterocycles. The standard InChI is InChI=1S/C22H46/c1-5-6-19-22(4)20-17-15-13-11-9-7-8-10-12-14-16-18-21(2)3/h21-22H,5-20H2,1-4H3. The van der Waals surface area contributed by atoms with E-state index < -0.39 is 0 Å². The number of unbranched alkanes of at least 4 members (excludes halogenated alkanes) is 11. The van der Waals surface area contributed by atoms with Crippen molar-refractivity contribution in [1.82, 2.24) is 0 Å². The first-order chi connectivity index (χ1) is 10.7. The van der Waals surface area contributed by atoms with Crippen molar-refractivity contribution in [2.75, 3.05) is 0 Å². The van der Waals surface area contributed by atoms with E-state index in [9.17, 15) is 0 Å². The normalized spacial score (nSPS) is 13.0. The summed E-state index contributed by atoms with van der Waals surface area (Å²) in [5.41, 5.74) is 0. The molecule has 0 radical (unpaired) electrons. The van der Waals surface area contributed by atoms with Gasteiger partial charge in [-0.05, 0) is 11.8 Å². The molecule has 0 bridgehead atoms. The summed E-state index contributed by atoms with van der Waals surface area (Å²) in [6, 6.07) is 0. The van der Waals surface area contributed by atoms with Gasteiger partial charge in [-0.2, -0.15) is 0 Å². The summed E-state index contributed by atoms with van der Waals surface area (Å²) >= 11 is 0. The molecule has 0 aliphatic rings. The number of rotatable bonds is 17. The summed E-state index contributed by atoms with van der Waals surface area (Å²) in [5, 5.41) is 0. The Morgan fingerprint density at radius 2 is 0.818 bits per heavy atom. The van der Waals surface area contributed by atoms with Crippen LogP contribution < -0.4 is 0 Å². The van der Waals surface area contributed by atoms with Crippen LogP contribution in [0.3, 0.4) is 0 Å². The Bertz CT molecular complexity index is 194. The Morgan fingerprint density at radius 1 is 0.455 bits per heavy atom. The van der Waals surface area contributed by atoms with E-state index in [1.807, 2.05) is 0 Å². The van der Waals surface area contributed by atoms with Crippen molar-refractivity contribution < 1.29 is 0 Å². The van der Waals surface area contributed by atoms with Gasteiger partial charge in [0.15, 0.2) is 0 Å². The van der Waals surface area contributed by atoms with Gasteiger partial charge in [0.2, 0.25) is 0 Å². The van der Waals surface area contributed by atoms with Crippen LogP contribution in [-0.2, 0) is 0 Å². The van der Waals surface area contributed by atoms with E-state index in [0.29, 0.717) is 0 Å². The minimum absolute atomic E-state index is 0.898. The van der Waals surface area contributed by atoms with E-state index in [1.165, 1.54) is 103 Å². The Labute approximate surface area is 142 Å². The van der Waals surface area contributed by atoms with Crippen LogP contribution in [0.25, 0.3) is 0 Å². The van der Waals surface area contributed by atoms with E-state index >= 15 is 0 Å². The summed E-state index contributed by atoms with van der Waals surface area (Å²) < 4.78 is 0. The van der Waals surface area contributed by atoms with Crippen molar-refractivity contribution in [3.05, 3.63) is 0 Å². The van der Waals surface area contributed by atoms with Crippen molar-refractivity contribution in [3.63, 3.8) is 0 Å². The third-order valence-electron chi connectivity index (χ3n) is 5.03. The van der Waals surface area contributed by atoms with Gasteiger partial charge in [0.1, 0.15) is 0 Å². The third-order valence-corrected chi connectivity index (χ3v) is 5.03. The lowest BCUT2D eigenvalue weighted by Crippen LogP contribution is -1.94. The van der Waals surface area contributed by atoms with E-state index in [1.54, 1.807) is 0 Å². The highest BCUT2D eigenvalue weighted by atomic mass is 14.1. The zero-order chi connectivity index (χ0) is 16.5. The average molecular weight is 311 g/mol. The quantitative estimate of drug-likeness (QED) is 0.236. The van der Waals surface area contributed by atoms with Gasteiger partial charge in [-0.3, -0.25) is 0 Å². The molecule has 0 nitrogen and oxygen atoms in total. The molecule has 0 spiro atoms. The molecular formula is C22H46. The topological polar surface area (TPSA) is 0 Å². The zero-order valence-electron chi connectivity index (χ0n) is 16.5. The van der Waals surface area contributed by atoms with E-state index in [-0.39, 0.29) is 0 Å². The maximum atomic E-state index is 2.44. The van der Waals surface area contributed by atoms with Gasteiger partial charge in [0.05, 0.1) is 0 Å². The molecule has 0 saturated heterocycles. The predicted octanol–water partition coefficient (Wildman–Crippen LogP) is 8.54. The van der Waals surface area contributed by atoms with Gasteiger partial charge in [0, 0.05) is 0 Å². The Morgan fingerprint density at radius 3 is 1.23 bits per heavy atom. The van der Waals surface area contributed by atoms with Crippen LogP contribution in [0.4, 0.5) is 0 Å². The highest BCUT2D eigenvalue weighted by Crippen LogP contribution is 2.17. The lowest BCUT2D eigenvalue weighted by molar-refractivity contribution is 0.440.